The Morgan fingerprint density at radius 2 is 1.75 bits per heavy atom. The average Bonchev–Trinajstić information content (AvgIpc) is 2.44. The summed E-state index contributed by atoms with van der Waals surface area (Å²) in [6.07, 6.45) is 2.47. The Morgan fingerprint density at radius 3 is 2.20 bits per heavy atom. The smallest absolute Gasteiger partial charge is 0.0593 e. The first kappa shape index (κ1) is 19.9. The van der Waals surface area contributed by atoms with Crippen molar-refractivity contribution in [2.45, 2.75) is 54.4 Å². The van der Waals surface area contributed by atoms with E-state index in [1.54, 1.807) is 0 Å². The maximum atomic E-state index is 5.50. The van der Waals surface area contributed by atoms with Gasteiger partial charge in [-0.2, -0.15) is 0 Å². The Bertz CT molecular complexity index is 215. The molecule has 0 aliphatic carbocycles. The van der Waals surface area contributed by atoms with Crippen LogP contribution in [0.5, 0.6) is 0 Å². The molecule has 0 aliphatic rings. The van der Waals surface area contributed by atoms with Crippen molar-refractivity contribution < 1.29 is 4.74 Å². The molecule has 0 bridgehead atoms. The van der Waals surface area contributed by atoms with Crippen molar-refractivity contribution >= 4 is 0 Å². The fourth-order valence-electron chi connectivity index (χ4n) is 2.57. The lowest BCUT2D eigenvalue weighted by Crippen LogP contribution is -2.45. The fraction of sp³-hybridized carbons (Fsp3) is 1.00. The summed E-state index contributed by atoms with van der Waals surface area (Å²) < 4.78 is 5.50. The van der Waals surface area contributed by atoms with Crippen LogP contribution >= 0.6 is 0 Å². The van der Waals surface area contributed by atoms with E-state index in [9.17, 15) is 0 Å². The van der Waals surface area contributed by atoms with Crippen LogP contribution in [0.2, 0.25) is 0 Å². The minimum Gasteiger partial charge on any atom is -0.380 e. The molecule has 0 fully saturated rings. The number of hydrogen-bond acceptors (Lipinski definition) is 3. The highest BCUT2D eigenvalue weighted by molar-refractivity contribution is 4.83. The lowest BCUT2D eigenvalue weighted by atomic mass is 9.81. The van der Waals surface area contributed by atoms with Crippen LogP contribution in [0.15, 0.2) is 0 Å². The molecule has 20 heavy (non-hydrogen) atoms. The van der Waals surface area contributed by atoms with E-state index in [-0.39, 0.29) is 0 Å². The molecule has 0 heterocycles. The molecule has 0 aliphatic heterocycles. The molecule has 0 spiro atoms. The number of likely N-dealkylation sites (N-methyl/N-ethyl adjacent to an activating group) is 1. The largest absolute Gasteiger partial charge is 0.380 e. The predicted octanol–water partition coefficient (Wildman–Crippen LogP) is 3.40. The summed E-state index contributed by atoms with van der Waals surface area (Å²) in [6, 6.07) is 0. The predicted molar refractivity (Wildman–Crippen MR) is 89.3 cm³/mol. The van der Waals surface area contributed by atoms with Crippen molar-refractivity contribution in [2.24, 2.45) is 11.3 Å². The van der Waals surface area contributed by atoms with Crippen molar-refractivity contribution in [2.75, 3.05) is 45.9 Å². The molecule has 0 aromatic rings. The van der Waals surface area contributed by atoms with E-state index in [2.05, 4.69) is 51.8 Å². The van der Waals surface area contributed by atoms with Crippen molar-refractivity contribution in [3.05, 3.63) is 0 Å². The molecule has 3 nitrogen and oxygen atoms in total. The van der Waals surface area contributed by atoms with E-state index >= 15 is 0 Å². The van der Waals surface area contributed by atoms with E-state index < -0.39 is 0 Å². The molecule has 0 amide bonds. The highest BCUT2D eigenvalue weighted by atomic mass is 16.5. The zero-order valence-electron chi connectivity index (χ0n) is 14.8. The van der Waals surface area contributed by atoms with Crippen molar-refractivity contribution in [1.29, 1.82) is 0 Å². The van der Waals surface area contributed by atoms with E-state index in [1.165, 1.54) is 19.4 Å². The minimum atomic E-state index is 0.400. The van der Waals surface area contributed by atoms with Gasteiger partial charge >= 0.3 is 0 Å². The van der Waals surface area contributed by atoms with Gasteiger partial charge in [-0.1, -0.05) is 34.6 Å². The van der Waals surface area contributed by atoms with Crippen LogP contribution in [0.4, 0.5) is 0 Å². The van der Waals surface area contributed by atoms with E-state index in [0.717, 1.165) is 45.3 Å². The average molecular weight is 287 g/mol. The van der Waals surface area contributed by atoms with Crippen LogP contribution in [0.25, 0.3) is 0 Å². The Balaban J connectivity index is 4.38. The van der Waals surface area contributed by atoms with Crippen LogP contribution in [0.3, 0.4) is 0 Å². The molecule has 0 atom stereocenters. The zero-order chi connectivity index (χ0) is 15.4. The SMILES string of the molecule is CCOCCN(CC)CC(CC)(CC)CNCC(C)C. The lowest BCUT2D eigenvalue weighted by molar-refractivity contribution is 0.0841. The molecule has 0 aromatic carbocycles. The van der Waals surface area contributed by atoms with Gasteiger partial charge in [0.2, 0.25) is 0 Å². The van der Waals surface area contributed by atoms with Gasteiger partial charge in [0.05, 0.1) is 6.61 Å². The molecular weight excluding hydrogens is 248 g/mol. The quantitative estimate of drug-likeness (QED) is 0.525. The molecule has 0 unspecified atom stereocenters. The second-order valence-electron chi connectivity index (χ2n) is 6.30. The number of nitrogens with one attached hydrogen (secondary N) is 1. The summed E-state index contributed by atoms with van der Waals surface area (Å²) in [5.74, 6) is 0.724. The van der Waals surface area contributed by atoms with Crippen LogP contribution in [-0.2, 0) is 4.74 Å². The number of hydrogen-bond donors (Lipinski definition) is 1. The summed E-state index contributed by atoms with van der Waals surface area (Å²) in [4.78, 5) is 2.54. The Labute approximate surface area is 127 Å². The molecule has 0 saturated carbocycles. The second-order valence-corrected chi connectivity index (χ2v) is 6.30. The van der Waals surface area contributed by atoms with E-state index in [4.69, 9.17) is 4.74 Å². The van der Waals surface area contributed by atoms with Gasteiger partial charge in [-0.05, 0) is 44.2 Å². The molecule has 0 aromatic heterocycles. The Hall–Kier alpha value is -0.120. The normalized spacial score (nSPS) is 12.6. The minimum absolute atomic E-state index is 0.400. The summed E-state index contributed by atoms with van der Waals surface area (Å²) >= 11 is 0. The Kier molecular flexibility index (Phi) is 11.5. The lowest BCUT2D eigenvalue weighted by Gasteiger charge is -2.37. The fourth-order valence-corrected chi connectivity index (χ4v) is 2.57. The van der Waals surface area contributed by atoms with Gasteiger partial charge < -0.3 is 15.0 Å². The van der Waals surface area contributed by atoms with Crippen LogP contribution in [-0.4, -0.2) is 50.8 Å². The number of nitrogens with zero attached hydrogens (tertiary/aromatic N) is 1. The standard InChI is InChI=1S/C17H38N2O/c1-7-17(8-2,14-18-13-16(5)6)15-19(9-3)11-12-20-10-4/h16,18H,7-15H2,1-6H3. The highest BCUT2D eigenvalue weighted by Crippen LogP contribution is 2.27. The molecule has 122 valence electrons. The molecular formula is C17H38N2O. The molecule has 3 heteroatoms. The van der Waals surface area contributed by atoms with Gasteiger partial charge in [0.15, 0.2) is 0 Å². The molecule has 0 radical (unpaired) electrons. The van der Waals surface area contributed by atoms with Crippen molar-refractivity contribution in [3.8, 4) is 0 Å². The van der Waals surface area contributed by atoms with Gasteiger partial charge in [0, 0.05) is 26.2 Å². The first-order valence-corrected chi connectivity index (χ1v) is 8.54. The van der Waals surface area contributed by atoms with E-state index in [1.807, 2.05) is 0 Å². The third-order valence-electron chi connectivity index (χ3n) is 4.31. The maximum absolute atomic E-state index is 5.50. The summed E-state index contributed by atoms with van der Waals surface area (Å²) in [5, 5.41) is 3.67. The summed E-state index contributed by atoms with van der Waals surface area (Å²) in [5.41, 5.74) is 0.400. The van der Waals surface area contributed by atoms with Gasteiger partial charge in [-0.15, -0.1) is 0 Å². The zero-order valence-corrected chi connectivity index (χ0v) is 14.8. The van der Waals surface area contributed by atoms with Gasteiger partial charge in [0.1, 0.15) is 0 Å². The van der Waals surface area contributed by atoms with E-state index in [0.29, 0.717) is 5.41 Å². The number of rotatable bonds is 13. The first-order chi connectivity index (χ1) is 9.53. The summed E-state index contributed by atoms with van der Waals surface area (Å²) in [6.45, 7) is 20.8. The van der Waals surface area contributed by atoms with Crippen LogP contribution in [0.1, 0.15) is 54.4 Å². The first-order valence-electron chi connectivity index (χ1n) is 8.54. The molecule has 1 N–H and O–H groups in total. The topological polar surface area (TPSA) is 24.5 Å². The Morgan fingerprint density at radius 1 is 1.10 bits per heavy atom. The van der Waals surface area contributed by atoms with Crippen molar-refractivity contribution in [3.63, 3.8) is 0 Å². The monoisotopic (exact) mass is 286 g/mol. The molecule has 0 rings (SSSR count). The molecule has 0 saturated heterocycles. The van der Waals surface area contributed by atoms with Gasteiger partial charge in [-0.3, -0.25) is 0 Å². The third kappa shape index (κ3) is 8.23. The third-order valence-corrected chi connectivity index (χ3v) is 4.31. The number of ether oxygens (including phenoxy) is 1. The van der Waals surface area contributed by atoms with Crippen LogP contribution < -0.4 is 5.32 Å². The maximum Gasteiger partial charge on any atom is 0.0593 e. The summed E-state index contributed by atoms with van der Waals surface area (Å²) in [7, 11) is 0. The highest BCUT2D eigenvalue weighted by Gasteiger charge is 2.28. The van der Waals surface area contributed by atoms with Gasteiger partial charge in [0.25, 0.3) is 0 Å². The van der Waals surface area contributed by atoms with Crippen molar-refractivity contribution in [1.82, 2.24) is 10.2 Å². The second kappa shape index (κ2) is 11.5. The van der Waals surface area contributed by atoms with Gasteiger partial charge in [-0.25, -0.2) is 0 Å². The van der Waals surface area contributed by atoms with Crippen LogP contribution in [0, 0.1) is 11.3 Å².